The summed E-state index contributed by atoms with van der Waals surface area (Å²) in [5.74, 6) is 1.92. The Morgan fingerprint density at radius 3 is 2.70 bits per heavy atom. The largest absolute Gasteiger partial charge is 0.353 e. The molecule has 1 aromatic carbocycles. The normalized spacial score (nSPS) is 15.3. The first-order valence-corrected chi connectivity index (χ1v) is 7.85. The number of benzene rings is 1. The van der Waals surface area contributed by atoms with Crippen LogP contribution in [0.3, 0.4) is 0 Å². The van der Waals surface area contributed by atoms with Crippen LogP contribution in [-0.2, 0) is 5.75 Å². The topological polar surface area (TPSA) is 41.1 Å². The summed E-state index contributed by atoms with van der Waals surface area (Å²) in [7, 11) is 0. The van der Waals surface area contributed by atoms with Crippen molar-refractivity contribution in [2.45, 2.75) is 10.8 Å². The molecule has 0 unspecified atom stereocenters. The number of hydrogen-bond donors (Lipinski definition) is 1. The fourth-order valence-corrected chi connectivity index (χ4v) is 2.99. The smallest absolute Gasteiger partial charge is 0.148 e. The number of anilines is 1. The van der Waals surface area contributed by atoms with Crippen LogP contribution >= 0.6 is 11.8 Å². The van der Waals surface area contributed by atoms with Crippen molar-refractivity contribution in [3.8, 4) is 0 Å². The molecule has 1 fully saturated rings. The Hall–Kier alpha value is -1.59. The van der Waals surface area contributed by atoms with Crippen LogP contribution in [0.15, 0.2) is 47.8 Å². The van der Waals surface area contributed by atoms with Gasteiger partial charge in [-0.1, -0.05) is 30.3 Å². The average molecular weight is 286 g/mol. The maximum absolute atomic E-state index is 4.71. The molecular weight excluding hydrogens is 268 g/mol. The Balaban J connectivity index is 1.65. The second-order valence-corrected chi connectivity index (χ2v) is 5.72. The fraction of sp³-hybridized carbons (Fsp3) is 0.333. The van der Waals surface area contributed by atoms with Crippen molar-refractivity contribution in [1.29, 1.82) is 0 Å². The lowest BCUT2D eigenvalue weighted by Crippen LogP contribution is -2.43. The highest BCUT2D eigenvalue weighted by Gasteiger charge is 2.12. The Morgan fingerprint density at radius 2 is 1.90 bits per heavy atom. The number of nitrogens with one attached hydrogen (secondary N) is 1. The SMILES string of the molecule is c1ccc(CSc2cncc(N3CCNCC3)n2)cc1. The number of rotatable bonds is 4. The van der Waals surface area contributed by atoms with Gasteiger partial charge in [-0.2, -0.15) is 0 Å². The molecule has 104 valence electrons. The summed E-state index contributed by atoms with van der Waals surface area (Å²) in [6, 6.07) is 10.5. The maximum atomic E-state index is 4.71. The van der Waals surface area contributed by atoms with Gasteiger partial charge in [0.1, 0.15) is 10.8 Å². The van der Waals surface area contributed by atoms with Crippen LogP contribution < -0.4 is 10.2 Å². The monoisotopic (exact) mass is 286 g/mol. The van der Waals surface area contributed by atoms with Crippen LogP contribution in [0.5, 0.6) is 0 Å². The van der Waals surface area contributed by atoms with E-state index in [9.17, 15) is 0 Å². The summed E-state index contributed by atoms with van der Waals surface area (Å²) in [6.07, 6.45) is 3.71. The first-order chi connectivity index (χ1) is 9.92. The van der Waals surface area contributed by atoms with Gasteiger partial charge in [0.15, 0.2) is 0 Å². The van der Waals surface area contributed by atoms with E-state index >= 15 is 0 Å². The quantitative estimate of drug-likeness (QED) is 0.873. The molecule has 0 aliphatic carbocycles. The lowest BCUT2D eigenvalue weighted by atomic mass is 10.2. The van der Waals surface area contributed by atoms with E-state index in [1.165, 1.54) is 5.56 Å². The third-order valence-corrected chi connectivity index (χ3v) is 4.24. The van der Waals surface area contributed by atoms with E-state index in [4.69, 9.17) is 4.98 Å². The summed E-state index contributed by atoms with van der Waals surface area (Å²) >= 11 is 1.74. The molecule has 1 aliphatic rings. The number of thioether (sulfide) groups is 1. The first kappa shape index (κ1) is 13.4. The molecule has 1 aliphatic heterocycles. The van der Waals surface area contributed by atoms with Gasteiger partial charge in [-0.3, -0.25) is 4.98 Å². The van der Waals surface area contributed by atoms with E-state index in [1.54, 1.807) is 11.8 Å². The van der Waals surface area contributed by atoms with Crippen LogP contribution in [0.2, 0.25) is 0 Å². The summed E-state index contributed by atoms with van der Waals surface area (Å²) in [5, 5.41) is 4.34. The van der Waals surface area contributed by atoms with Crippen molar-refractivity contribution in [3.63, 3.8) is 0 Å². The molecule has 1 saturated heterocycles. The molecule has 20 heavy (non-hydrogen) atoms. The van der Waals surface area contributed by atoms with Crippen LogP contribution in [0, 0.1) is 0 Å². The van der Waals surface area contributed by atoms with E-state index in [0.717, 1.165) is 42.8 Å². The lowest BCUT2D eigenvalue weighted by molar-refractivity contribution is 0.583. The molecular formula is C15H18N4S. The zero-order valence-electron chi connectivity index (χ0n) is 11.3. The molecule has 1 N–H and O–H groups in total. The molecule has 1 aromatic heterocycles. The summed E-state index contributed by atoms with van der Waals surface area (Å²) in [6.45, 7) is 4.04. The average Bonchev–Trinajstić information content (AvgIpc) is 2.55. The van der Waals surface area contributed by atoms with Gasteiger partial charge in [-0.15, -0.1) is 11.8 Å². The molecule has 3 rings (SSSR count). The Bertz CT molecular complexity index is 541. The van der Waals surface area contributed by atoms with Crippen molar-refractivity contribution in [3.05, 3.63) is 48.3 Å². The minimum atomic E-state index is 0.931. The molecule has 0 atom stereocenters. The van der Waals surface area contributed by atoms with E-state index in [-0.39, 0.29) is 0 Å². The van der Waals surface area contributed by atoms with E-state index in [2.05, 4.69) is 39.5 Å². The third-order valence-electron chi connectivity index (χ3n) is 3.27. The molecule has 0 bridgehead atoms. The molecule has 0 spiro atoms. The van der Waals surface area contributed by atoms with Gasteiger partial charge < -0.3 is 10.2 Å². The highest BCUT2D eigenvalue weighted by atomic mass is 32.2. The number of piperazine rings is 1. The predicted octanol–water partition coefficient (Wildman–Crippen LogP) is 2.18. The molecule has 0 saturated carbocycles. The zero-order chi connectivity index (χ0) is 13.6. The van der Waals surface area contributed by atoms with Crippen molar-refractivity contribution in [1.82, 2.24) is 15.3 Å². The van der Waals surface area contributed by atoms with E-state index in [1.807, 2.05) is 18.5 Å². The number of hydrogen-bond acceptors (Lipinski definition) is 5. The van der Waals surface area contributed by atoms with Crippen molar-refractivity contribution >= 4 is 17.6 Å². The first-order valence-electron chi connectivity index (χ1n) is 6.86. The fourth-order valence-electron chi connectivity index (χ4n) is 2.19. The standard InChI is InChI=1S/C15H18N4S/c1-2-4-13(5-3-1)12-20-15-11-17-10-14(18-15)19-8-6-16-7-9-19/h1-5,10-11,16H,6-9,12H2. The summed E-state index contributed by atoms with van der Waals surface area (Å²) < 4.78 is 0. The minimum absolute atomic E-state index is 0.931. The predicted molar refractivity (Wildman–Crippen MR) is 83.1 cm³/mol. The Labute approximate surface area is 123 Å². The molecule has 0 radical (unpaired) electrons. The second kappa shape index (κ2) is 6.72. The molecule has 2 aromatic rings. The number of nitrogens with zero attached hydrogens (tertiary/aromatic N) is 3. The Kier molecular flexibility index (Phi) is 4.50. The highest BCUT2D eigenvalue weighted by molar-refractivity contribution is 7.98. The second-order valence-electron chi connectivity index (χ2n) is 4.73. The van der Waals surface area contributed by atoms with Crippen LogP contribution in [0.4, 0.5) is 5.82 Å². The van der Waals surface area contributed by atoms with Gasteiger partial charge in [0.05, 0.1) is 12.4 Å². The molecule has 5 heteroatoms. The molecule has 4 nitrogen and oxygen atoms in total. The highest BCUT2D eigenvalue weighted by Crippen LogP contribution is 2.22. The van der Waals surface area contributed by atoms with E-state index < -0.39 is 0 Å². The summed E-state index contributed by atoms with van der Waals surface area (Å²) in [4.78, 5) is 11.3. The van der Waals surface area contributed by atoms with Crippen molar-refractivity contribution in [2.75, 3.05) is 31.1 Å². The number of aromatic nitrogens is 2. The maximum Gasteiger partial charge on any atom is 0.148 e. The van der Waals surface area contributed by atoms with Crippen molar-refractivity contribution < 1.29 is 0 Å². The minimum Gasteiger partial charge on any atom is -0.353 e. The zero-order valence-corrected chi connectivity index (χ0v) is 12.1. The van der Waals surface area contributed by atoms with Gasteiger partial charge in [0.25, 0.3) is 0 Å². The lowest BCUT2D eigenvalue weighted by Gasteiger charge is -2.28. The third kappa shape index (κ3) is 3.49. The van der Waals surface area contributed by atoms with Gasteiger partial charge in [0.2, 0.25) is 0 Å². The van der Waals surface area contributed by atoms with Gasteiger partial charge in [-0.05, 0) is 5.56 Å². The van der Waals surface area contributed by atoms with Crippen LogP contribution in [-0.4, -0.2) is 36.1 Å². The van der Waals surface area contributed by atoms with Crippen LogP contribution in [0.25, 0.3) is 0 Å². The molecule has 2 heterocycles. The van der Waals surface area contributed by atoms with Gasteiger partial charge in [-0.25, -0.2) is 4.98 Å². The van der Waals surface area contributed by atoms with Gasteiger partial charge >= 0.3 is 0 Å². The van der Waals surface area contributed by atoms with Crippen molar-refractivity contribution in [2.24, 2.45) is 0 Å². The van der Waals surface area contributed by atoms with E-state index in [0.29, 0.717) is 0 Å². The summed E-state index contributed by atoms with van der Waals surface area (Å²) in [5.41, 5.74) is 1.31. The van der Waals surface area contributed by atoms with Crippen LogP contribution in [0.1, 0.15) is 5.56 Å². The Morgan fingerprint density at radius 1 is 1.10 bits per heavy atom. The molecule has 0 amide bonds. The van der Waals surface area contributed by atoms with Gasteiger partial charge in [0, 0.05) is 31.9 Å².